The van der Waals surface area contributed by atoms with E-state index in [0.717, 1.165) is 4.47 Å². The van der Waals surface area contributed by atoms with Crippen LogP contribution in [0.2, 0.25) is 5.02 Å². The number of amides is 1. The summed E-state index contributed by atoms with van der Waals surface area (Å²) in [6.45, 7) is -0.0374. The Balaban J connectivity index is 1.89. The Morgan fingerprint density at radius 1 is 1.21 bits per heavy atom. The molecule has 2 aromatic rings. The lowest BCUT2D eigenvalue weighted by molar-refractivity contribution is -0.118. The summed E-state index contributed by atoms with van der Waals surface area (Å²) >= 11 is 9.17. The minimum absolute atomic E-state index is 0.0374. The Hall–Kier alpha value is -1.52. The molecule has 0 atom stereocenters. The van der Waals surface area contributed by atoms with Crippen LogP contribution in [0.1, 0.15) is 0 Å². The van der Waals surface area contributed by atoms with Crippen LogP contribution in [-0.4, -0.2) is 12.5 Å². The highest BCUT2D eigenvalue weighted by Crippen LogP contribution is 2.25. The van der Waals surface area contributed by atoms with Gasteiger partial charge in [0.25, 0.3) is 5.91 Å². The molecule has 19 heavy (non-hydrogen) atoms. The number of hydrogen-bond donors (Lipinski definition) is 1. The van der Waals surface area contributed by atoms with Gasteiger partial charge in [-0.2, -0.15) is 0 Å². The van der Waals surface area contributed by atoms with Gasteiger partial charge in [0.2, 0.25) is 0 Å². The summed E-state index contributed by atoms with van der Waals surface area (Å²) in [4.78, 5) is 11.7. The Morgan fingerprint density at radius 3 is 2.63 bits per heavy atom. The lowest BCUT2D eigenvalue weighted by Crippen LogP contribution is -2.20. The second kappa shape index (κ2) is 6.59. The van der Waals surface area contributed by atoms with Gasteiger partial charge >= 0.3 is 0 Å². The van der Waals surface area contributed by atoms with E-state index < -0.39 is 0 Å². The lowest BCUT2D eigenvalue weighted by Gasteiger charge is -2.08. The van der Waals surface area contributed by atoms with Crippen molar-refractivity contribution in [2.75, 3.05) is 11.9 Å². The van der Waals surface area contributed by atoms with Crippen molar-refractivity contribution >= 4 is 39.1 Å². The molecule has 1 amide bonds. The van der Waals surface area contributed by atoms with Gasteiger partial charge in [0.05, 0.1) is 5.02 Å². The zero-order valence-electron chi connectivity index (χ0n) is 9.90. The number of halogens is 2. The molecule has 0 bridgehead atoms. The van der Waals surface area contributed by atoms with Crippen LogP contribution in [0.25, 0.3) is 0 Å². The molecule has 0 aliphatic carbocycles. The average Bonchev–Trinajstić information content (AvgIpc) is 2.42. The van der Waals surface area contributed by atoms with Crippen LogP contribution in [0.4, 0.5) is 5.69 Å². The van der Waals surface area contributed by atoms with Crippen molar-refractivity contribution in [3.05, 3.63) is 58.0 Å². The standard InChI is InChI=1S/C14H11BrClNO2/c15-12-8-10(6-7-13(12)16)17-14(18)9-19-11-4-2-1-3-5-11/h1-8H,9H2,(H,17,18). The summed E-state index contributed by atoms with van der Waals surface area (Å²) in [7, 11) is 0. The highest BCUT2D eigenvalue weighted by molar-refractivity contribution is 9.10. The van der Waals surface area contributed by atoms with Gasteiger partial charge in [-0.05, 0) is 46.3 Å². The van der Waals surface area contributed by atoms with Crippen molar-refractivity contribution < 1.29 is 9.53 Å². The number of nitrogens with one attached hydrogen (secondary N) is 1. The topological polar surface area (TPSA) is 38.3 Å². The van der Waals surface area contributed by atoms with Gasteiger partial charge in [-0.25, -0.2) is 0 Å². The maximum atomic E-state index is 11.7. The van der Waals surface area contributed by atoms with Gasteiger partial charge in [-0.3, -0.25) is 4.79 Å². The maximum Gasteiger partial charge on any atom is 0.262 e. The van der Waals surface area contributed by atoms with E-state index in [0.29, 0.717) is 16.5 Å². The van der Waals surface area contributed by atoms with Gasteiger partial charge in [0, 0.05) is 10.2 Å². The molecule has 1 N–H and O–H groups in total. The molecule has 0 unspecified atom stereocenters. The first-order chi connectivity index (χ1) is 9.15. The molecule has 98 valence electrons. The number of hydrogen-bond acceptors (Lipinski definition) is 2. The zero-order chi connectivity index (χ0) is 13.7. The van der Waals surface area contributed by atoms with E-state index in [-0.39, 0.29) is 12.5 Å². The van der Waals surface area contributed by atoms with Crippen molar-refractivity contribution in [2.24, 2.45) is 0 Å². The summed E-state index contributed by atoms with van der Waals surface area (Å²) in [6, 6.07) is 14.4. The van der Waals surface area contributed by atoms with Crippen molar-refractivity contribution in [1.29, 1.82) is 0 Å². The summed E-state index contributed by atoms with van der Waals surface area (Å²) < 4.78 is 6.08. The van der Waals surface area contributed by atoms with Crippen molar-refractivity contribution in [3.8, 4) is 5.75 Å². The van der Waals surface area contributed by atoms with Gasteiger partial charge in [0.15, 0.2) is 6.61 Å². The second-order valence-corrected chi connectivity index (χ2v) is 5.04. The fraction of sp³-hybridized carbons (Fsp3) is 0.0714. The van der Waals surface area contributed by atoms with Crippen LogP contribution >= 0.6 is 27.5 Å². The molecule has 2 rings (SSSR count). The van der Waals surface area contributed by atoms with Crippen LogP contribution < -0.4 is 10.1 Å². The van der Waals surface area contributed by atoms with Crippen LogP contribution in [0.3, 0.4) is 0 Å². The van der Waals surface area contributed by atoms with E-state index in [2.05, 4.69) is 21.2 Å². The van der Waals surface area contributed by atoms with E-state index in [1.54, 1.807) is 30.3 Å². The first-order valence-corrected chi connectivity index (χ1v) is 6.75. The number of rotatable bonds is 4. The average molecular weight is 341 g/mol. The molecule has 0 saturated carbocycles. The largest absolute Gasteiger partial charge is 0.484 e. The molecule has 0 saturated heterocycles. The first kappa shape index (κ1) is 13.9. The summed E-state index contributed by atoms with van der Waals surface area (Å²) in [5, 5.41) is 3.32. The zero-order valence-corrected chi connectivity index (χ0v) is 12.2. The molecular formula is C14H11BrClNO2. The number of anilines is 1. The molecule has 0 fully saturated rings. The van der Waals surface area contributed by atoms with Crippen molar-refractivity contribution in [3.63, 3.8) is 0 Å². The smallest absolute Gasteiger partial charge is 0.262 e. The van der Waals surface area contributed by atoms with Crippen molar-refractivity contribution in [2.45, 2.75) is 0 Å². The molecule has 3 nitrogen and oxygen atoms in total. The molecule has 2 aromatic carbocycles. The van der Waals surface area contributed by atoms with Crippen LogP contribution in [0.15, 0.2) is 53.0 Å². The number of carbonyl (C=O) groups excluding carboxylic acids is 1. The second-order valence-electron chi connectivity index (χ2n) is 3.78. The van der Waals surface area contributed by atoms with E-state index in [1.165, 1.54) is 0 Å². The third kappa shape index (κ3) is 4.26. The monoisotopic (exact) mass is 339 g/mol. The maximum absolute atomic E-state index is 11.7. The minimum Gasteiger partial charge on any atom is -0.484 e. The Bertz CT molecular complexity index is 575. The Morgan fingerprint density at radius 2 is 1.95 bits per heavy atom. The van der Waals surface area contributed by atoms with E-state index in [1.807, 2.05) is 18.2 Å². The number of carbonyl (C=O) groups is 1. The summed E-state index contributed by atoms with van der Waals surface area (Å²) in [5.41, 5.74) is 0.665. The number of para-hydroxylation sites is 1. The molecule has 0 aliphatic rings. The van der Waals surface area contributed by atoms with Crippen LogP contribution in [0.5, 0.6) is 5.75 Å². The molecule has 0 aliphatic heterocycles. The SMILES string of the molecule is O=C(COc1ccccc1)Nc1ccc(Cl)c(Br)c1. The third-order valence-corrected chi connectivity index (χ3v) is 3.53. The van der Waals surface area contributed by atoms with Gasteiger partial charge in [-0.1, -0.05) is 29.8 Å². The third-order valence-electron chi connectivity index (χ3n) is 2.32. The molecule has 0 spiro atoms. The lowest BCUT2D eigenvalue weighted by atomic mass is 10.3. The highest BCUT2D eigenvalue weighted by Gasteiger charge is 2.05. The quantitative estimate of drug-likeness (QED) is 0.909. The molecule has 0 aromatic heterocycles. The fourth-order valence-corrected chi connectivity index (χ4v) is 1.93. The molecular weight excluding hydrogens is 330 g/mol. The summed E-state index contributed by atoms with van der Waals surface area (Å²) in [5.74, 6) is 0.438. The van der Waals surface area contributed by atoms with Crippen molar-refractivity contribution in [1.82, 2.24) is 0 Å². The highest BCUT2D eigenvalue weighted by atomic mass is 79.9. The van der Waals surface area contributed by atoms with Gasteiger partial charge < -0.3 is 10.1 Å². The van der Waals surface area contributed by atoms with E-state index in [4.69, 9.17) is 16.3 Å². The van der Waals surface area contributed by atoms with E-state index >= 15 is 0 Å². The van der Waals surface area contributed by atoms with Gasteiger partial charge in [0.1, 0.15) is 5.75 Å². The number of ether oxygens (including phenoxy) is 1. The first-order valence-electron chi connectivity index (χ1n) is 5.58. The van der Waals surface area contributed by atoms with E-state index in [9.17, 15) is 4.79 Å². The molecule has 0 heterocycles. The van der Waals surface area contributed by atoms with Crippen LogP contribution in [0, 0.1) is 0 Å². The molecule has 5 heteroatoms. The Kier molecular flexibility index (Phi) is 4.82. The Labute approximate surface area is 124 Å². The fourth-order valence-electron chi connectivity index (χ4n) is 1.44. The molecule has 0 radical (unpaired) electrons. The normalized spacial score (nSPS) is 10.0. The predicted molar refractivity (Wildman–Crippen MR) is 79.7 cm³/mol. The minimum atomic E-state index is -0.224. The summed E-state index contributed by atoms with van der Waals surface area (Å²) in [6.07, 6.45) is 0. The number of benzene rings is 2. The predicted octanol–water partition coefficient (Wildman–Crippen LogP) is 4.12. The van der Waals surface area contributed by atoms with Crippen LogP contribution in [-0.2, 0) is 4.79 Å². The van der Waals surface area contributed by atoms with Gasteiger partial charge in [-0.15, -0.1) is 0 Å².